The molecule has 1 fully saturated rings. The Balaban J connectivity index is 2.50. The van der Waals surface area contributed by atoms with Gasteiger partial charge in [-0.1, -0.05) is 25.5 Å². The number of hydrogen-bond donors (Lipinski definition) is 4. The lowest BCUT2D eigenvalue weighted by Crippen LogP contribution is -2.34. The molecule has 4 N–H and O–H groups in total. The summed E-state index contributed by atoms with van der Waals surface area (Å²) in [6.07, 6.45) is 3.24. The van der Waals surface area contributed by atoms with Crippen molar-refractivity contribution < 1.29 is 34.0 Å². The number of carboxylic acids is 1. The molecule has 5 nitrogen and oxygen atoms in total. The van der Waals surface area contributed by atoms with Crippen LogP contribution in [0.3, 0.4) is 0 Å². The second-order valence-electron chi connectivity index (χ2n) is 7.65. The fourth-order valence-corrected chi connectivity index (χ4v) is 3.79. The van der Waals surface area contributed by atoms with Crippen molar-refractivity contribution in [2.24, 2.45) is 11.8 Å². The van der Waals surface area contributed by atoms with Crippen molar-refractivity contribution in [1.29, 1.82) is 0 Å². The van der Waals surface area contributed by atoms with E-state index in [1.165, 1.54) is 0 Å². The summed E-state index contributed by atoms with van der Waals surface area (Å²) in [5.41, 5.74) is 0. The maximum atomic E-state index is 13.9. The molecule has 158 valence electrons. The fraction of sp³-hybridized carbons (Fsp3) is 0.850. The molecule has 27 heavy (non-hydrogen) atoms. The van der Waals surface area contributed by atoms with Crippen LogP contribution in [0.1, 0.15) is 71.1 Å². The average molecular weight is 392 g/mol. The number of aliphatic hydroxyl groups is 3. The molecule has 1 rings (SSSR count). The highest BCUT2D eigenvalue weighted by Gasteiger charge is 2.43. The van der Waals surface area contributed by atoms with Gasteiger partial charge in [0.1, 0.15) is 6.10 Å². The molecule has 7 heteroatoms. The van der Waals surface area contributed by atoms with Crippen molar-refractivity contribution in [3.8, 4) is 0 Å². The standard InChI is InChI=1S/C20H34F2O5/c1-2-3-12-20(21,22)18(25)11-10-15-14(16(23)13-17(15)24)8-6-4-5-7-9-19(26)27/h4,6,14-18,23-25H,2-3,5,7-13H2,1H3,(H,26,27)/b6-4-/t14-,15-,16+,17-,18-/m1/s1. The van der Waals surface area contributed by atoms with Crippen molar-refractivity contribution in [1.82, 2.24) is 0 Å². The van der Waals surface area contributed by atoms with Gasteiger partial charge in [0.25, 0.3) is 5.92 Å². The third-order valence-corrected chi connectivity index (χ3v) is 5.48. The highest BCUT2D eigenvalue weighted by Crippen LogP contribution is 2.39. The first-order valence-electron chi connectivity index (χ1n) is 9.97. The van der Waals surface area contributed by atoms with Gasteiger partial charge < -0.3 is 20.4 Å². The molecule has 0 amide bonds. The molecule has 0 aromatic carbocycles. The van der Waals surface area contributed by atoms with E-state index in [1.807, 2.05) is 19.1 Å². The number of unbranched alkanes of at least 4 members (excludes halogenated alkanes) is 2. The van der Waals surface area contributed by atoms with E-state index >= 15 is 0 Å². The van der Waals surface area contributed by atoms with Crippen LogP contribution in [0.5, 0.6) is 0 Å². The number of halogens is 2. The quantitative estimate of drug-likeness (QED) is 0.284. The van der Waals surface area contributed by atoms with E-state index in [0.717, 1.165) is 0 Å². The predicted octanol–water partition coefficient (Wildman–Crippen LogP) is 3.51. The Morgan fingerprint density at radius 3 is 2.48 bits per heavy atom. The van der Waals surface area contributed by atoms with Crippen molar-refractivity contribution >= 4 is 5.97 Å². The maximum Gasteiger partial charge on any atom is 0.303 e. The molecular formula is C20H34F2O5. The maximum absolute atomic E-state index is 13.9. The monoisotopic (exact) mass is 392 g/mol. The summed E-state index contributed by atoms with van der Waals surface area (Å²) in [6, 6.07) is 0. The first kappa shape index (κ1) is 24.0. The fourth-order valence-electron chi connectivity index (χ4n) is 3.79. The van der Waals surface area contributed by atoms with Crippen LogP contribution in [0.2, 0.25) is 0 Å². The van der Waals surface area contributed by atoms with Crippen molar-refractivity contribution in [2.75, 3.05) is 0 Å². The van der Waals surface area contributed by atoms with Gasteiger partial charge in [-0.05, 0) is 56.8 Å². The number of allylic oxidation sites excluding steroid dienone is 2. The minimum Gasteiger partial charge on any atom is -0.481 e. The third-order valence-electron chi connectivity index (χ3n) is 5.48. The Kier molecular flexibility index (Phi) is 10.4. The molecule has 1 saturated carbocycles. The molecule has 0 radical (unpaired) electrons. The summed E-state index contributed by atoms with van der Waals surface area (Å²) in [4.78, 5) is 10.5. The number of carboxylic acid groups (broad SMARTS) is 1. The summed E-state index contributed by atoms with van der Waals surface area (Å²) in [6.45, 7) is 1.82. The lowest BCUT2D eigenvalue weighted by molar-refractivity contribution is -0.137. The largest absolute Gasteiger partial charge is 0.481 e. The van der Waals surface area contributed by atoms with E-state index in [9.17, 15) is 28.9 Å². The van der Waals surface area contributed by atoms with Gasteiger partial charge in [-0.15, -0.1) is 0 Å². The van der Waals surface area contributed by atoms with Gasteiger partial charge in [0.15, 0.2) is 0 Å². The predicted molar refractivity (Wildman–Crippen MR) is 98.6 cm³/mol. The Hall–Kier alpha value is -1.05. The first-order valence-corrected chi connectivity index (χ1v) is 9.97. The molecule has 1 aliphatic carbocycles. The van der Waals surface area contributed by atoms with Crippen molar-refractivity contribution in [3.05, 3.63) is 12.2 Å². The minimum absolute atomic E-state index is 0.0991. The lowest BCUT2D eigenvalue weighted by atomic mass is 9.85. The molecule has 0 unspecified atom stereocenters. The summed E-state index contributed by atoms with van der Waals surface area (Å²) < 4.78 is 27.8. The zero-order valence-electron chi connectivity index (χ0n) is 16.1. The Morgan fingerprint density at radius 2 is 1.85 bits per heavy atom. The molecular weight excluding hydrogens is 358 g/mol. The summed E-state index contributed by atoms with van der Waals surface area (Å²) in [7, 11) is 0. The van der Waals surface area contributed by atoms with Crippen LogP contribution in [0.25, 0.3) is 0 Å². The minimum atomic E-state index is -3.13. The molecule has 0 aromatic rings. The van der Waals surface area contributed by atoms with Crippen LogP contribution in [0.15, 0.2) is 12.2 Å². The van der Waals surface area contributed by atoms with Gasteiger partial charge in [-0.25, -0.2) is 8.78 Å². The van der Waals surface area contributed by atoms with E-state index in [1.54, 1.807) is 0 Å². The zero-order chi connectivity index (χ0) is 20.4. The second-order valence-corrected chi connectivity index (χ2v) is 7.65. The number of aliphatic carboxylic acids is 1. The summed E-state index contributed by atoms with van der Waals surface area (Å²) in [5.74, 6) is -4.54. The molecule has 0 bridgehead atoms. The van der Waals surface area contributed by atoms with Crippen LogP contribution < -0.4 is 0 Å². The first-order chi connectivity index (χ1) is 12.7. The lowest BCUT2D eigenvalue weighted by Gasteiger charge is -2.27. The van der Waals surface area contributed by atoms with E-state index in [2.05, 4.69) is 0 Å². The molecule has 0 heterocycles. The zero-order valence-corrected chi connectivity index (χ0v) is 16.1. The smallest absolute Gasteiger partial charge is 0.303 e. The van der Waals surface area contributed by atoms with Crippen LogP contribution >= 0.6 is 0 Å². The molecule has 0 aromatic heterocycles. The summed E-state index contributed by atoms with van der Waals surface area (Å²) in [5, 5.41) is 38.8. The SMILES string of the molecule is CCCCC(F)(F)[C@H](O)CC[C@@H]1[C@@H](C/C=C\CCCC(=O)O)[C@@H](O)C[C@H]1O. The normalized spacial score (nSPS) is 27.3. The second kappa shape index (κ2) is 11.7. The number of carbonyl (C=O) groups is 1. The highest BCUT2D eigenvalue weighted by atomic mass is 19.3. The van der Waals surface area contributed by atoms with Crippen LogP contribution in [0, 0.1) is 11.8 Å². The number of hydrogen-bond acceptors (Lipinski definition) is 4. The number of aliphatic hydroxyl groups excluding tert-OH is 3. The van der Waals surface area contributed by atoms with Crippen LogP contribution in [-0.4, -0.2) is 50.6 Å². The van der Waals surface area contributed by atoms with Gasteiger partial charge in [0.05, 0.1) is 12.2 Å². The van der Waals surface area contributed by atoms with Gasteiger partial charge in [-0.2, -0.15) is 0 Å². The molecule has 5 atom stereocenters. The van der Waals surface area contributed by atoms with E-state index in [0.29, 0.717) is 32.1 Å². The summed E-state index contributed by atoms with van der Waals surface area (Å²) >= 11 is 0. The van der Waals surface area contributed by atoms with E-state index in [-0.39, 0.29) is 43.9 Å². The number of rotatable bonds is 13. The number of alkyl halides is 2. The van der Waals surface area contributed by atoms with Crippen molar-refractivity contribution in [3.63, 3.8) is 0 Å². The average Bonchev–Trinajstić information content (AvgIpc) is 2.86. The molecule has 0 aliphatic heterocycles. The third kappa shape index (κ3) is 8.23. The molecule has 1 aliphatic rings. The molecule has 0 saturated heterocycles. The van der Waals surface area contributed by atoms with Crippen molar-refractivity contribution in [2.45, 2.75) is 95.4 Å². The van der Waals surface area contributed by atoms with Gasteiger partial charge in [-0.3, -0.25) is 4.79 Å². The Bertz CT molecular complexity index is 469. The van der Waals surface area contributed by atoms with Gasteiger partial charge >= 0.3 is 5.97 Å². The van der Waals surface area contributed by atoms with Gasteiger partial charge in [0, 0.05) is 12.8 Å². The van der Waals surface area contributed by atoms with Crippen LogP contribution in [-0.2, 0) is 4.79 Å². The topological polar surface area (TPSA) is 98.0 Å². The van der Waals surface area contributed by atoms with Gasteiger partial charge in [0.2, 0.25) is 0 Å². The Labute approximate surface area is 160 Å². The Morgan fingerprint density at radius 1 is 1.19 bits per heavy atom. The van der Waals surface area contributed by atoms with E-state index in [4.69, 9.17) is 5.11 Å². The highest BCUT2D eigenvalue weighted by molar-refractivity contribution is 5.66. The van der Waals surface area contributed by atoms with E-state index < -0.39 is 30.2 Å². The molecule has 0 spiro atoms. The van der Waals surface area contributed by atoms with Crippen LogP contribution in [0.4, 0.5) is 8.78 Å².